The zero-order chi connectivity index (χ0) is 22.8. The summed E-state index contributed by atoms with van der Waals surface area (Å²) >= 11 is 0. The van der Waals surface area contributed by atoms with Crippen LogP contribution in [0.2, 0.25) is 0 Å². The van der Waals surface area contributed by atoms with Crippen LogP contribution in [0.1, 0.15) is 55.8 Å². The first kappa shape index (κ1) is 23.6. The van der Waals surface area contributed by atoms with Gasteiger partial charge in [0, 0.05) is 25.8 Å². The molecule has 7 nitrogen and oxygen atoms in total. The van der Waals surface area contributed by atoms with Crippen molar-refractivity contribution in [3.63, 3.8) is 0 Å². The summed E-state index contributed by atoms with van der Waals surface area (Å²) in [5, 5.41) is 6.28. The highest BCUT2D eigenvalue weighted by Gasteiger charge is 2.30. The number of nitrogens with zero attached hydrogens (tertiary/aromatic N) is 2. The number of piperidine rings is 1. The number of para-hydroxylation sites is 2. The van der Waals surface area contributed by atoms with E-state index in [9.17, 15) is 9.59 Å². The zero-order valence-electron chi connectivity index (χ0n) is 19.1. The number of carbonyl (C=O) groups excluding carboxylic acids is 2. The minimum Gasteiger partial charge on any atom is -0.495 e. The molecule has 1 fully saturated rings. The molecule has 2 aromatic rings. The van der Waals surface area contributed by atoms with E-state index < -0.39 is 0 Å². The van der Waals surface area contributed by atoms with Crippen LogP contribution in [0.4, 0.5) is 11.5 Å². The van der Waals surface area contributed by atoms with E-state index in [0.717, 1.165) is 31.4 Å². The summed E-state index contributed by atoms with van der Waals surface area (Å²) in [6, 6.07) is 11.0. The second kappa shape index (κ2) is 12.1. The number of aromatic nitrogens is 1. The largest absolute Gasteiger partial charge is 0.495 e. The summed E-state index contributed by atoms with van der Waals surface area (Å²) in [5.41, 5.74) is 1.22. The van der Waals surface area contributed by atoms with Gasteiger partial charge in [-0.15, -0.1) is 0 Å². The predicted octanol–water partition coefficient (Wildman–Crippen LogP) is 4.38. The quantitative estimate of drug-likeness (QED) is 0.538. The van der Waals surface area contributed by atoms with Crippen LogP contribution in [-0.4, -0.2) is 48.4 Å². The minimum absolute atomic E-state index is 0.0533. The Hall–Kier alpha value is -3.09. The van der Waals surface area contributed by atoms with Crippen LogP contribution in [0.3, 0.4) is 0 Å². The summed E-state index contributed by atoms with van der Waals surface area (Å²) in [6.07, 6.45) is 7.78. The maximum atomic E-state index is 13.3. The lowest BCUT2D eigenvalue weighted by atomic mass is 9.96. The number of ether oxygens (including phenoxy) is 1. The standard InChI is InChI=1S/C25H34N4O3/c1-3-4-5-8-15-27-24(30)19-11-10-17-29(18-19)25(31)20-12-9-16-26-23(20)28-21-13-6-7-14-22(21)32-2/h6-7,9,12-14,16,19H,3-5,8,10-11,15,17-18H2,1-2H3,(H,26,28)(H,27,30). The Kier molecular flexibility index (Phi) is 8.90. The average Bonchev–Trinajstić information content (AvgIpc) is 2.84. The Bertz CT molecular complexity index is 902. The molecule has 2 amide bonds. The van der Waals surface area contributed by atoms with E-state index in [1.54, 1.807) is 30.3 Å². The number of hydrogen-bond donors (Lipinski definition) is 2. The first-order valence-electron chi connectivity index (χ1n) is 11.6. The Labute approximate surface area is 190 Å². The van der Waals surface area contributed by atoms with Crippen LogP contribution < -0.4 is 15.4 Å². The van der Waals surface area contributed by atoms with Crippen molar-refractivity contribution in [2.24, 2.45) is 5.92 Å². The van der Waals surface area contributed by atoms with Crippen LogP contribution in [-0.2, 0) is 4.79 Å². The third-order valence-electron chi connectivity index (χ3n) is 5.81. The number of pyridine rings is 1. The molecule has 1 aliphatic rings. The number of methoxy groups -OCH3 is 1. The fraction of sp³-hybridized carbons (Fsp3) is 0.480. The molecule has 1 unspecified atom stereocenters. The van der Waals surface area contributed by atoms with Crippen molar-refractivity contribution < 1.29 is 14.3 Å². The molecule has 0 saturated carbocycles. The second-order valence-electron chi connectivity index (χ2n) is 8.17. The van der Waals surface area contributed by atoms with Crippen molar-refractivity contribution >= 4 is 23.3 Å². The fourth-order valence-electron chi connectivity index (χ4n) is 4.01. The van der Waals surface area contributed by atoms with Gasteiger partial charge in [-0.2, -0.15) is 0 Å². The highest BCUT2D eigenvalue weighted by Crippen LogP contribution is 2.28. The molecule has 0 bridgehead atoms. The van der Waals surface area contributed by atoms with E-state index in [4.69, 9.17) is 4.74 Å². The summed E-state index contributed by atoms with van der Waals surface area (Å²) in [7, 11) is 1.60. The number of likely N-dealkylation sites (tertiary alicyclic amines) is 1. The average molecular weight is 439 g/mol. The van der Waals surface area contributed by atoms with Gasteiger partial charge in [0.2, 0.25) is 5.91 Å². The highest BCUT2D eigenvalue weighted by atomic mass is 16.5. The predicted molar refractivity (Wildman–Crippen MR) is 126 cm³/mol. The fourth-order valence-corrected chi connectivity index (χ4v) is 4.01. The van der Waals surface area contributed by atoms with Gasteiger partial charge >= 0.3 is 0 Å². The van der Waals surface area contributed by atoms with Gasteiger partial charge in [-0.25, -0.2) is 4.98 Å². The molecule has 7 heteroatoms. The molecule has 2 heterocycles. The maximum Gasteiger partial charge on any atom is 0.257 e. The first-order valence-corrected chi connectivity index (χ1v) is 11.6. The van der Waals surface area contributed by atoms with Crippen molar-refractivity contribution in [2.45, 2.75) is 45.4 Å². The van der Waals surface area contributed by atoms with E-state index in [2.05, 4.69) is 22.5 Å². The van der Waals surface area contributed by atoms with Crippen LogP contribution in [0.25, 0.3) is 0 Å². The lowest BCUT2D eigenvalue weighted by Crippen LogP contribution is -2.45. The number of nitrogens with one attached hydrogen (secondary N) is 2. The van der Waals surface area contributed by atoms with Gasteiger partial charge in [-0.3, -0.25) is 9.59 Å². The molecule has 32 heavy (non-hydrogen) atoms. The number of carbonyl (C=O) groups is 2. The van der Waals surface area contributed by atoms with E-state index in [-0.39, 0.29) is 17.7 Å². The number of amides is 2. The number of unbranched alkanes of at least 4 members (excludes halogenated alkanes) is 3. The molecule has 1 aromatic carbocycles. The lowest BCUT2D eigenvalue weighted by Gasteiger charge is -2.32. The Morgan fingerprint density at radius 3 is 2.81 bits per heavy atom. The van der Waals surface area contributed by atoms with Gasteiger partial charge in [0.15, 0.2) is 0 Å². The van der Waals surface area contributed by atoms with Gasteiger partial charge in [-0.1, -0.05) is 38.3 Å². The monoisotopic (exact) mass is 438 g/mol. The van der Waals surface area contributed by atoms with Crippen molar-refractivity contribution in [1.29, 1.82) is 0 Å². The molecule has 1 aromatic heterocycles. The Morgan fingerprint density at radius 1 is 1.16 bits per heavy atom. The number of hydrogen-bond acceptors (Lipinski definition) is 5. The molecule has 0 aliphatic carbocycles. The molecule has 0 spiro atoms. The zero-order valence-corrected chi connectivity index (χ0v) is 19.1. The van der Waals surface area contributed by atoms with E-state index in [1.807, 2.05) is 24.3 Å². The van der Waals surface area contributed by atoms with Gasteiger partial charge in [0.1, 0.15) is 11.6 Å². The molecule has 3 rings (SSSR count). The van der Waals surface area contributed by atoms with Crippen LogP contribution in [0.5, 0.6) is 5.75 Å². The number of rotatable bonds is 10. The molecule has 172 valence electrons. The highest BCUT2D eigenvalue weighted by molar-refractivity contribution is 5.99. The van der Waals surface area contributed by atoms with Crippen LogP contribution >= 0.6 is 0 Å². The summed E-state index contributed by atoms with van der Waals surface area (Å²) in [5.74, 6) is 0.921. The van der Waals surface area contributed by atoms with Gasteiger partial charge in [0.25, 0.3) is 5.91 Å². The third-order valence-corrected chi connectivity index (χ3v) is 5.81. The third kappa shape index (κ3) is 6.22. The molecule has 1 atom stereocenters. The Morgan fingerprint density at radius 2 is 2.00 bits per heavy atom. The molecule has 1 aliphatic heterocycles. The minimum atomic E-state index is -0.166. The molecule has 1 saturated heterocycles. The second-order valence-corrected chi connectivity index (χ2v) is 8.17. The van der Waals surface area contributed by atoms with Crippen molar-refractivity contribution in [3.05, 3.63) is 48.2 Å². The van der Waals surface area contributed by atoms with Crippen molar-refractivity contribution in [1.82, 2.24) is 15.2 Å². The number of anilines is 2. The van der Waals surface area contributed by atoms with Crippen LogP contribution in [0, 0.1) is 5.92 Å². The lowest BCUT2D eigenvalue weighted by molar-refractivity contribution is -0.126. The van der Waals surface area contributed by atoms with Crippen LogP contribution in [0.15, 0.2) is 42.6 Å². The SMILES string of the molecule is CCCCCCNC(=O)C1CCCN(C(=O)c2cccnc2Nc2ccccc2OC)C1. The maximum absolute atomic E-state index is 13.3. The Balaban J connectivity index is 1.65. The van der Waals surface area contributed by atoms with E-state index >= 15 is 0 Å². The number of benzene rings is 1. The molecular formula is C25H34N4O3. The summed E-state index contributed by atoms with van der Waals surface area (Å²) < 4.78 is 5.40. The molecule has 2 N–H and O–H groups in total. The molecule has 0 radical (unpaired) electrons. The smallest absolute Gasteiger partial charge is 0.257 e. The van der Waals surface area contributed by atoms with Crippen molar-refractivity contribution in [2.75, 3.05) is 32.1 Å². The van der Waals surface area contributed by atoms with E-state index in [1.165, 1.54) is 12.8 Å². The van der Waals surface area contributed by atoms with Gasteiger partial charge < -0.3 is 20.3 Å². The summed E-state index contributed by atoms with van der Waals surface area (Å²) in [4.78, 5) is 32.1. The summed E-state index contributed by atoms with van der Waals surface area (Å²) in [6.45, 7) is 3.95. The van der Waals surface area contributed by atoms with E-state index in [0.29, 0.717) is 36.8 Å². The topological polar surface area (TPSA) is 83.6 Å². The first-order chi connectivity index (χ1) is 15.6. The van der Waals surface area contributed by atoms with Crippen molar-refractivity contribution in [3.8, 4) is 5.75 Å². The van der Waals surface area contributed by atoms with Gasteiger partial charge in [-0.05, 0) is 43.5 Å². The normalized spacial score (nSPS) is 15.8. The van der Waals surface area contributed by atoms with Gasteiger partial charge in [0.05, 0.1) is 24.3 Å². The molecular weight excluding hydrogens is 404 g/mol.